The van der Waals surface area contributed by atoms with Crippen molar-refractivity contribution < 1.29 is 13.2 Å². The topological polar surface area (TPSA) is 56.3 Å². The molecule has 0 radical (unpaired) electrons. The molecule has 6 heteroatoms. The monoisotopic (exact) mass is 263 g/mol. The molecule has 1 heterocycles. The average Bonchev–Trinajstić information content (AvgIpc) is 2.16. The number of hydrogen-bond acceptors (Lipinski definition) is 4. The van der Waals surface area contributed by atoms with Crippen LogP contribution in [0.2, 0.25) is 0 Å². The minimum absolute atomic E-state index is 0.0228. The van der Waals surface area contributed by atoms with Gasteiger partial charge < -0.3 is 4.74 Å². The molecule has 0 saturated heterocycles. The Labute approximate surface area is 100 Å². The summed E-state index contributed by atoms with van der Waals surface area (Å²) in [5.74, 6) is 0.965. The summed E-state index contributed by atoms with van der Waals surface area (Å²) >= 11 is 0. The fourth-order valence-corrected chi connectivity index (χ4v) is 1.68. The summed E-state index contributed by atoms with van der Waals surface area (Å²) in [5, 5.41) is 0. The highest BCUT2D eigenvalue weighted by atomic mass is 35.7. The lowest BCUT2D eigenvalue weighted by Gasteiger charge is -2.06. The number of rotatable bonds is 5. The van der Waals surface area contributed by atoms with E-state index in [0.29, 0.717) is 18.4 Å². The minimum Gasteiger partial charge on any atom is -0.478 e. The molecular weight excluding hydrogens is 250 g/mol. The van der Waals surface area contributed by atoms with Gasteiger partial charge in [-0.05, 0) is 18.4 Å². The maximum atomic E-state index is 10.9. The van der Waals surface area contributed by atoms with E-state index in [1.165, 1.54) is 18.3 Å². The molecule has 0 unspecified atom stereocenters. The zero-order valence-corrected chi connectivity index (χ0v) is 10.8. The first-order chi connectivity index (χ1) is 7.39. The number of aromatic nitrogens is 1. The van der Waals surface area contributed by atoms with Crippen molar-refractivity contribution >= 4 is 19.7 Å². The molecular formula is C10H14ClNO3S. The van der Waals surface area contributed by atoms with Gasteiger partial charge in [-0.1, -0.05) is 13.8 Å². The molecule has 0 aromatic carbocycles. The average molecular weight is 264 g/mol. The van der Waals surface area contributed by atoms with Crippen molar-refractivity contribution in [3.8, 4) is 5.88 Å². The highest BCUT2D eigenvalue weighted by Crippen LogP contribution is 2.16. The first kappa shape index (κ1) is 13.3. The van der Waals surface area contributed by atoms with Crippen LogP contribution in [-0.2, 0) is 9.05 Å². The van der Waals surface area contributed by atoms with E-state index in [2.05, 4.69) is 18.8 Å². The predicted octanol–water partition coefficient (Wildman–Crippen LogP) is 2.43. The second-order valence-electron chi connectivity index (χ2n) is 3.80. The number of halogens is 1. The van der Waals surface area contributed by atoms with Gasteiger partial charge in [0.05, 0.1) is 12.8 Å². The van der Waals surface area contributed by atoms with Crippen molar-refractivity contribution in [2.45, 2.75) is 25.2 Å². The van der Waals surface area contributed by atoms with E-state index in [0.717, 1.165) is 6.42 Å². The Bertz CT molecular complexity index is 428. The number of hydrogen-bond donors (Lipinski definition) is 0. The van der Waals surface area contributed by atoms with Crippen molar-refractivity contribution in [3.63, 3.8) is 0 Å². The molecule has 0 spiro atoms. The maximum absolute atomic E-state index is 10.9. The van der Waals surface area contributed by atoms with Crippen LogP contribution < -0.4 is 4.74 Å². The third-order valence-electron chi connectivity index (χ3n) is 1.94. The lowest BCUT2D eigenvalue weighted by atomic mass is 10.1. The summed E-state index contributed by atoms with van der Waals surface area (Å²) in [6.45, 7) is 4.76. The van der Waals surface area contributed by atoms with Gasteiger partial charge in [0.1, 0.15) is 4.90 Å². The highest BCUT2D eigenvalue weighted by Gasteiger charge is 2.10. The van der Waals surface area contributed by atoms with Gasteiger partial charge in [0, 0.05) is 16.7 Å². The normalized spacial score (nSPS) is 11.8. The van der Waals surface area contributed by atoms with Crippen LogP contribution in [0.4, 0.5) is 0 Å². The van der Waals surface area contributed by atoms with Crippen LogP contribution in [0.5, 0.6) is 5.88 Å². The molecule has 1 aromatic heterocycles. The van der Waals surface area contributed by atoms with Crippen molar-refractivity contribution in [2.75, 3.05) is 6.61 Å². The Morgan fingerprint density at radius 2 is 2.12 bits per heavy atom. The fraction of sp³-hybridized carbons (Fsp3) is 0.500. The number of nitrogens with zero attached hydrogens (tertiary/aromatic N) is 1. The minimum atomic E-state index is -3.70. The van der Waals surface area contributed by atoms with E-state index < -0.39 is 9.05 Å². The summed E-state index contributed by atoms with van der Waals surface area (Å²) in [5.41, 5.74) is 0. The van der Waals surface area contributed by atoms with E-state index in [1.54, 1.807) is 0 Å². The van der Waals surface area contributed by atoms with Crippen LogP contribution >= 0.6 is 10.7 Å². The highest BCUT2D eigenvalue weighted by molar-refractivity contribution is 8.13. The van der Waals surface area contributed by atoms with Crippen molar-refractivity contribution in [1.29, 1.82) is 0 Å². The SMILES string of the molecule is CC(C)CCOc1ccc(S(=O)(=O)Cl)cn1. The van der Waals surface area contributed by atoms with E-state index in [4.69, 9.17) is 15.4 Å². The zero-order valence-electron chi connectivity index (χ0n) is 9.18. The molecule has 0 bridgehead atoms. The Kier molecular flexibility index (Phi) is 4.56. The van der Waals surface area contributed by atoms with E-state index in [-0.39, 0.29) is 4.90 Å². The van der Waals surface area contributed by atoms with Crippen LogP contribution in [0.3, 0.4) is 0 Å². The molecule has 0 amide bonds. The van der Waals surface area contributed by atoms with Gasteiger partial charge in [-0.2, -0.15) is 0 Å². The standard InChI is InChI=1S/C10H14ClNO3S/c1-8(2)5-6-15-10-4-3-9(7-12-10)16(11,13)14/h3-4,7-8H,5-6H2,1-2H3. The van der Waals surface area contributed by atoms with Crippen LogP contribution in [0.25, 0.3) is 0 Å². The van der Waals surface area contributed by atoms with Gasteiger partial charge in [-0.15, -0.1) is 0 Å². The second kappa shape index (κ2) is 5.50. The molecule has 0 saturated carbocycles. The second-order valence-corrected chi connectivity index (χ2v) is 6.37. The van der Waals surface area contributed by atoms with Gasteiger partial charge in [0.2, 0.25) is 5.88 Å². The molecule has 0 aliphatic rings. The molecule has 4 nitrogen and oxygen atoms in total. The molecule has 1 rings (SSSR count). The van der Waals surface area contributed by atoms with Crippen molar-refractivity contribution in [2.24, 2.45) is 5.92 Å². The van der Waals surface area contributed by atoms with E-state index in [1.807, 2.05) is 0 Å². The van der Waals surface area contributed by atoms with Crippen LogP contribution in [0.15, 0.2) is 23.2 Å². The Hall–Kier alpha value is -0.810. The van der Waals surface area contributed by atoms with Gasteiger partial charge in [0.15, 0.2) is 0 Å². The molecule has 1 aromatic rings. The summed E-state index contributed by atoms with van der Waals surface area (Å²) in [4.78, 5) is 3.83. The van der Waals surface area contributed by atoms with Crippen LogP contribution in [-0.4, -0.2) is 20.0 Å². The Balaban J connectivity index is 2.59. The molecule has 90 valence electrons. The van der Waals surface area contributed by atoms with Gasteiger partial charge >= 0.3 is 0 Å². The summed E-state index contributed by atoms with van der Waals surface area (Å²) in [7, 11) is 1.45. The third kappa shape index (κ3) is 4.37. The number of ether oxygens (including phenoxy) is 1. The molecule has 0 aliphatic carbocycles. The van der Waals surface area contributed by atoms with Crippen molar-refractivity contribution in [1.82, 2.24) is 4.98 Å². The molecule has 0 atom stereocenters. The summed E-state index contributed by atoms with van der Waals surface area (Å²) in [6, 6.07) is 2.87. The first-order valence-electron chi connectivity index (χ1n) is 4.93. The van der Waals surface area contributed by atoms with Gasteiger partial charge in [-0.3, -0.25) is 0 Å². The van der Waals surface area contributed by atoms with Crippen LogP contribution in [0, 0.1) is 5.92 Å². The summed E-state index contributed by atoms with van der Waals surface area (Å²) in [6.07, 6.45) is 2.12. The summed E-state index contributed by atoms with van der Waals surface area (Å²) < 4.78 is 27.2. The largest absolute Gasteiger partial charge is 0.478 e. The lowest BCUT2D eigenvalue weighted by Crippen LogP contribution is -2.03. The van der Waals surface area contributed by atoms with Crippen molar-refractivity contribution in [3.05, 3.63) is 18.3 Å². The third-order valence-corrected chi connectivity index (χ3v) is 3.27. The number of pyridine rings is 1. The quantitative estimate of drug-likeness (QED) is 0.766. The molecule has 0 N–H and O–H groups in total. The molecule has 16 heavy (non-hydrogen) atoms. The Morgan fingerprint density at radius 1 is 1.44 bits per heavy atom. The zero-order chi connectivity index (χ0) is 12.2. The van der Waals surface area contributed by atoms with Gasteiger partial charge in [0.25, 0.3) is 9.05 Å². The molecule has 0 aliphatic heterocycles. The molecule has 0 fully saturated rings. The first-order valence-corrected chi connectivity index (χ1v) is 7.24. The maximum Gasteiger partial charge on any atom is 0.262 e. The Morgan fingerprint density at radius 3 is 2.56 bits per heavy atom. The fourth-order valence-electron chi connectivity index (χ4n) is 0.996. The predicted molar refractivity (Wildman–Crippen MR) is 62.2 cm³/mol. The van der Waals surface area contributed by atoms with E-state index >= 15 is 0 Å². The smallest absolute Gasteiger partial charge is 0.262 e. The lowest BCUT2D eigenvalue weighted by molar-refractivity contribution is 0.279. The van der Waals surface area contributed by atoms with Crippen LogP contribution in [0.1, 0.15) is 20.3 Å². The van der Waals surface area contributed by atoms with E-state index in [9.17, 15) is 8.42 Å². The van der Waals surface area contributed by atoms with Gasteiger partial charge in [-0.25, -0.2) is 13.4 Å².